The van der Waals surface area contributed by atoms with Crippen LogP contribution in [0.2, 0.25) is 0 Å². The first-order chi connectivity index (χ1) is 9.56. The predicted molar refractivity (Wildman–Crippen MR) is 66.8 cm³/mol. The van der Waals surface area contributed by atoms with Gasteiger partial charge in [-0.3, -0.25) is 0 Å². The Kier molecular flexibility index (Phi) is 3.09. The van der Waals surface area contributed by atoms with Crippen LogP contribution in [0.15, 0.2) is 12.4 Å². The zero-order valence-corrected chi connectivity index (χ0v) is 10.8. The molecule has 2 aliphatic heterocycles. The van der Waals surface area contributed by atoms with Crippen molar-refractivity contribution >= 4 is 12.0 Å². The van der Waals surface area contributed by atoms with Crippen LogP contribution in [0.5, 0.6) is 0 Å². The molecule has 3 heterocycles. The molecule has 1 aromatic heterocycles. The molecule has 20 heavy (non-hydrogen) atoms. The molecule has 0 unspecified atom stereocenters. The van der Waals surface area contributed by atoms with Crippen molar-refractivity contribution in [3.8, 4) is 0 Å². The second kappa shape index (κ2) is 4.78. The number of carboxylic acids is 1. The summed E-state index contributed by atoms with van der Waals surface area (Å²) >= 11 is 0. The first kappa shape index (κ1) is 12.9. The van der Waals surface area contributed by atoms with Crippen LogP contribution in [0.3, 0.4) is 0 Å². The highest BCUT2D eigenvalue weighted by atomic mass is 16.4. The van der Waals surface area contributed by atoms with E-state index >= 15 is 0 Å². The Morgan fingerprint density at radius 1 is 1.35 bits per heavy atom. The highest BCUT2D eigenvalue weighted by Crippen LogP contribution is 2.22. The van der Waals surface area contributed by atoms with E-state index in [-0.39, 0.29) is 19.0 Å². The molecule has 0 aliphatic carbocycles. The van der Waals surface area contributed by atoms with Crippen molar-refractivity contribution in [3.63, 3.8) is 0 Å². The van der Waals surface area contributed by atoms with Gasteiger partial charge in [0.05, 0.1) is 12.6 Å². The lowest BCUT2D eigenvalue weighted by atomic mass is 10.2. The number of nitrogens with zero attached hydrogens (tertiary/aromatic N) is 4. The Morgan fingerprint density at radius 2 is 2.15 bits per heavy atom. The van der Waals surface area contributed by atoms with Crippen LogP contribution in [0.1, 0.15) is 12.2 Å². The van der Waals surface area contributed by atoms with E-state index in [9.17, 15) is 14.7 Å². The van der Waals surface area contributed by atoms with Gasteiger partial charge in [0, 0.05) is 38.4 Å². The van der Waals surface area contributed by atoms with Gasteiger partial charge in [0.15, 0.2) is 0 Å². The maximum Gasteiger partial charge on any atom is 0.326 e. The molecule has 108 valence electrons. The van der Waals surface area contributed by atoms with Gasteiger partial charge < -0.3 is 24.6 Å². The molecule has 0 bridgehead atoms. The minimum absolute atomic E-state index is 0.0702. The Hall–Kier alpha value is -2.09. The predicted octanol–water partition coefficient (Wildman–Crippen LogP) is -0.661. The number of imidazole rings is 1. The number of aliphatic hydroxyl groups excluding tert-OH is 1. The SMILES string of the molecule is O=C(O)[C@H]1C[C@@H](O)CN1C(=O)N1CCn2ccnc2C1. The van der Waals surface area contributed by atoms with Crippen LogP contribution >= 0.6 is 0 Å². The summed E-state index contributed by atoms with van der Waals surface area (Å²) in [6.45, 7) is 1.60. The van der Waals surface area contributed by atoms with Crippen molar-refractivity contribution in [2.24, 2.45) is 0 Å². The number of carboxylic acid groups (broad SMARTS) is 1. The Labute approximate surface area is 115 Å². The number of β-amino-alcohol motifs (C(OH)–C–C–N with tert-alkyl or cyclic N) is 1. The standard InChI is InChI=1S/C12H16N4O4/c17-8-5-9(11(18)19)16(6-8)12(20)15-4-3-14-2-1-13-10(14)7-15/h1-2,8-9,17H,3-7H2,(H,18,19)/t8-,9-/m1/s1. The molecular formula is C12H16N4O4. The van der Waals surface area contributed by atoms with E-state index in [2.05, 4.69) is 4.98 Å². The van der Waals surface area contributed by atoms with Gasteiger partial charge in [-0.05, 0) is 0 Å². The van der Waals surface area contributed by atoms with Gasteiger partial charge in [-0.2, -0.15) is 0 Å². The minimum Gasteiger partial charge on any atom is -0.480 e. The fourth-order valence-electron chi connectivity index (χ4n) is 2.78. The van der Waals surface area contributed by atoms with E-state index in [0.717, 1.165) is 5.82 Å². The number of aliphatic carboxylic acids is 1. The van der Waals surface area contributed by atoms with Crippen molar-refractivity contribution < 1.29 is 19.8 Å². The van der Waals surface area contributed by atoms with E-state index < -0.39 is 18.1 Å². The van der Waals surface area contributed by atoms with Gasteiger partial charge >= 0.3 is 12.0 Å². The lowest BCUT2D eigenvalue weighted by Crippen LogP contribution is -2.50. The summed E-state index contributed by atoms with van der Waals surface area (Å²) in [5.41, 5.74) is 0. The lowest BCUT2D eigenvalue weighted by Gasteiger charge is -2.32. The summed E-state index contributed by atoms with van der Waals surface area (Å²) < 4.78 is 1.97. The van der Waals surface area contributed by atoms with Gasteiger partial charge in [0.25, 0.3) is 0 Å². The van der Waals surface area contributed by atoms with Gasteiger partial charge in [-0.25, -0.2) is 14.6 Å². The van der Waals surface area contributed by atoms with Gasteiger partial charge in [-0.15, -0.1) is 0 Å². The van der Waals surface area contributed by atoms with E-state index in [4.69, 9.17) is 5.11 Å². The van der Waals surface area contributed by atoms with Gasteiger partial charge in [0.1, 0.15) is 11.9 Å². The van der Waals surface area contributed by atoms with Gasteiger partial charge in [0.2, 0.25) is 0 Å². The van der Waals surface area contributed by atoms with Crippen molar-refractivity contribution in [3.05, 3.63) is 18.2 Å². The summed E-state index contributed by atoms with van der Waals surface area (Å²) in [5.74, 6) is -0.287. The molecular weight excluding hydrogens is 264 g/mol. The molecule has 1 fully saturated rings. The van der Waals surface area contributed by atoms with Crippen molar-refractivity contribution in [1.82, 2.24) is 19.4 Å². The van der Waals surface area contributed by atoms with E-state index in [1.54, 1.807) is 11.1 Å². The average molecular weight is 280 g/mol. The average Bonchev–Trinajstić information content (AvgIpc) is 3.02. The third-order valence-corrected chi connectivity index (χ3v) is 3.83. The Morgan fingerprint density at radius 3 is 2.90 bits per heavy atom. The number of aliphatic hydroxyl groups is 1. The molecule has 0 radical (unpaired) electrons. The second-order valence-corrected chi connectivity index (χ2v) is 5.14. The lowest BCUT2D eigenvalue weighted by molar-refractivity contribution is -0.141. The number of hydrogen-bond donors (Lipinski definition) is 2. The summed E-state index contributed by atoms with van der Waals surface area (Å²) in [6, 6.07) is -1.29. The quantitative estimate of drug-likeness (QED) is 0.711. The summed E-state index contributed by atoms with van der Waals surface area (Å²) in [4.78, 5) is 30.6. The van der Waals surface area contributed by atoms with Crippen LogP contribution in [-0.2, 0) is 17.9 Å². The molecule has 1 aromatic rings. The Bertz CT molecular complexity index is 543. The number of carbonyl (C=O) groups excluding carboxylic acids is 1. The maximum atomic E-state index is 12.4. The van der Waals surface area contributed by atoms with E-state index in [1.807, 2.05) is 10.8 Å². The third-order valence-electron chi connectivity index (χ3n) is 3.83. The first-order valence-corrected chi connectivity index (χ1v) is 6.52. The molecule has 0 saturated carbocycles. The van der Waals surface area contributed by atoms with Crippen molar-refractivity contribution in [2.75, 3.05) is 13.1 Å². The first-order valence-electron chi connectivity index (χ1n) is 6.52. The van der Waals surface area contributed by atoms with E-state index in [0.29, 0.717) is 19.6 Å². The molecule has 2 N–H and O–H groups in total. The maximum absolute atomic E-state index is 12.4. The highest BCUT2D eigenvalue weighted by molar-refractivity contribution is 5.83. The molecule has 3 rings (SSSR count). The fraction of sp³-hybridized carbons (Fsp3) is 0.583. The molecule has 2 atom stereocenters. The fourth-order valence-corrected chi connectivity index (χ4v) is 2.78. The number of aromatic nitrogens is 2. The number of hydrogen-bond acceptors (Lipinski definition) is 4. The van der Waals surface area contributed by atoms with Crippen LogP contribution in [0, 0.1) is 0 Å². The van der Waals surface area contributed by atoms with Crippen LogP contribution in [0.25, 0.3) is 0 Å². The summed E-state index contributed by atoms with van der Waals surface area (Å²) in [7, 11) is 0. The minimum atomic E-state index is -1.08. The molecule has 2 amide bonds. The molecule has 0 aromatic carbocycles. The molecule has 0 spiro atoms. The highest BCUT2D eigenvalue weighted by Gasteiger charge is 2.41. The molecule has 8 heteroatoms. The normalized spacial score (nSPS) is 25.6. The van der Waals surface area contributed by atoms with Crippen molar-refractivity contribution in [2.45, 2.75) is 31.7 Å². The monoisotopic (exact) mass is 280 g/mol. The second-order valence-electron chi connectivity index (χ2n) is 5.14. The number of urea groups is 1. The van der Waals surface area contributed by atoms with Crippen LogP contribution in [-0.4, -0.2) is 66.8 Å². The zero-order chi connectivity index (χ0) is 14.3. The summed E-state index contributed by atoms with van der Waals surface area (Å²) in [5, 5.41) is 18.7. The third kappa shape index (κ3) is 2.11. The number of rotatable bonds is 1. The molecule has 2 aliphatic rings. The largest absolute Gasteiger partial charge is 0.480 e. The van der Waals surface area contributed by atoms with Gasteiger partial charge in [-0.1, -0.05) is 0 Å². The van der Waals surface area contributed by atoms with Crippen LogP contribution in [0.4, 0.5) is 4.79 Å². The smallest absolute Gasteiger partial charge is 0.326 e. The summed E-state index contributed by atoms with van der Waals surface area (Å²) in [6.07, 6.45) is 2.86. The number of amides is 2. The number of likely N-dealkylation sites (tertiary alicyclic amines) is 1. The zero-order valence-electron chi connectivity index (χ0n) is 10.8. The molecule has 8 nitrogen and oxygen atoms in total. The molecule has 1 saturated heterocycles. The Balaban J connectivity index is 1.74. The van der Waals surface area contributed by atoms with Crippen molar-refractivity contribution in [1.29, 1.82) is 0 Å². The van der Waals surface area contributed by atoms with E-state index in [1.165, 1.54) is 4.90 Å². The number of carbonyl (C=O) groups is 2. The topological polar surface area (TPSA) is 98.9 Å². The van der Waals surface area contributed by atoms with Crippen LogP contribution < -0.4 is 0 Å². The number of fused-ring (bicyclic) bond motifs is 1.